The molecule has 0 fully saturated rings. The number of hydrogen-bond donors (Lipinski definition) is 1. The third-order valence-electron chi connectivity index (χ3n) is 1.76. The lowest BCUT2D eigenvalue weighted by Crippen LogP contribution is -1.81. The lowest BCUT2D eigenvalue weighted by molar-refractivity contribution is 0.538. The Kier molecular flexibility index (Phi) is 1.50. The number of benzene rings is 1. The molecule has 0 atom stereocenters. The minimum absolute atomic E-state index is 0.710. The zero-order valence-corrected chi connectivity index (χ0v) is 6.87. The summed E-state index contributed by atoms with van der Waals surface area (Å²) in [7, 11) is 0. The molecule has 1 heterocycles. The van der Waals surface area contributed by atoms with Gasteiger partial charge in [-0.05, 0) is 12.1 Å². The third kappa shape index (κ3) is 1.03. The number of nitrogens with zero attached hydrogens (tertiary/aromatic N) is 1. The second-order valence-electron chi connectivity index (χ2n) is 2.69. The number of aryl methyl sites for hydroxylation is 1. The molecule has 0 bridgehead atoms. The standard InChI is InChI=1S/C9H10N2O/c1-2-9-11-7-4-3-6(10)5-8(7)12-9/h3-5H,2,10H2,1H3. The first kappa shape index (κ1) is 7.16. The maximum atomic E-state index is 5.59. The van der Waals surface area contributed by atoms with Crippen LogP contribution >= 0.6 is 0 Å². The summed E-state index contributed by atoms with van der Waals surface area (Å²) in [6.07, 6.45) is 0.814. The van der Waals surface area contributed by atoms with Gasteiger partial charge in [0.1, 0.15) is 5.52 Å². The van der Waals surface area contributed by atoms with Gasteiger partial charge in [0.2, 0.25) is 0 Å². The van der Waals surface area contributed by atoms with Gasteiger partial charge in [0, 0.05) is 18.2 Å². The van der Waals surface area contributed by atoms with Gasteiger partial charge in [-0.2, -0.15) is 0 Å². The summed E-state index contributed by atoms with van der Waals surface area (Å²) in [4.78, 5) is 4.25. The Hall–Kier alpha value is -1.51. The lowest BCUT2D eigenvalue weighted by Gasteiger charge is -1.88. The average molecular weight is 162 g/mol. The first-order valence-corrected chi connectivity index (χ1v) is 3.94. The van der Waals surface area contributed by atoms with Gasteiger partial charge in [0.05, 0.1) is 0 Å². The molecule has 1 aromatic heterocycles. The molecule has 0 radical (unpaired) electrons. The summed E-state index contributed by atoms with van der Waals surface area (Å²) < 4.78 is 5.41. The Morgan fingerprint density at radius 2 is 2.33 bits per heavy atom. The highest BCUT2D eigenvalue weighted by atomic mass is 16.3. The summed E-state index contributed by atoms with van der Waals surface area (Å²) in [6, 6.07) is 5.49. The van der Waals surface area contributed by atoms with E-state index in [9.17, 15) is 0 Å². The van der Waals surface area contributed by atoms with E-state index in [4.69, 9.17) is 10.2 Å². The highest BCUT2D eigenvalue weighted by Crippen LogP contribution is 2.18. The Bertz CT molecular complexity index is 406. The Balaban J connectivity index is 2.67. The van der Waals surface area contributed by atoms with Gasteiger partial charge < -0.3 is 10.2 Å². The van der Waals surface area contributed by atoms with Crippen molar-refractivity contribution < 1.29 is 4.42 Å². The molecule has 0 spiro atoms. The van der Waals surface area contributed by atoms with Crippen molar-refractivity contribution in [2.24, 2.45) is 0 Å². The largest absolute Gasteiger partial charge is 0.441 e. The molecule has 0 amide bonds. The smallest absolute Gasteiger partial charge is 0.195 e. The Morgan fingerprint density at radius 3 is 3.08 bits per heavy atom. The summed E-state index contributed by atoms with van der Waals surface area (Å²) in [5.74, 6) is 0.760. The van der Waals surface area contributed by atoms with Gasteiger partial charge in [-0.3, -0.25) is 0 Å². The molecule has 2 N–H and O–H groups in total. The van der Waals surface area contributed by atoms with E-state index in [1.807, 2.05) is 19.1 Å². The first-order chi connectivity index (χ1) is 5.79. The predicted octanol–water partition coefficient (Wildman–Crippen LogP) is 1.97. The van der Waals surface area contributed by atoms with Gasteiger partial charge in [-0.15, -0.1) is 0 Å². The van der Waals surface area contributed by atoms with Crippen LogP contribution in [-0.2, 0) is 6.42 Å². The van der Waals surface area contributed by atoms with E-state index in [0.29, 0.717) is 5.69 Å². The van der Waals surface area contributed by atoms with Gasteiger partial charge >= 0.3 is 0 Å². The number of rotatable bonds is 1. The van der Waals surface area contributed by atoms with E-state index < -0.39 is 0 Å². The molecule has 0 unspecified atom stereocenters. The highest BCUT2D eigenvalue weighted by Gasteiger charge is 2.02. The topological polar surface area (TPSA) is 52.0 Å². The molecule has 0 aliphatic rings. The van der Waals surface area contributed by atoms with Crippen molar-refractivity contribution in [3.63, 3.8) is 0 Å². The molecule has 2 rings (SSSR count). The second-order valence-corrected chi connectivity index (χ2v) is 2.69. The molecule has 3 heteroatoms. The summed E-state index contributed by atoms with van der Waals surface area (Å²) in [5, 5.41) is 0. The normalized spacial score (nSPS) is 10.8. The quantitative estimate of drug-likeness (QED) is 0.652. The zero-order chi connectivity index (χ0) is 8.55. The fraction of sp³-hybridized carbons (Fsp3) is 0.222. The molecule has 12 heavy (non-hydrogen) atoms. The number of anilines is 1. The van der Waals surface area contributed by atoms with Crippen LogP contribution in [0.15, 0.2) is 22.6 Å². The van der Waals surface area contributed by atoms with E-state index in [1.165, 1.54) is 0 Å². The van der Waals surface area contributed by atoms with Gasteiger partial charge in [-0.25, -0.2) is 4.98 Å². The third-order valence-corrected chi connectivity index (χ3v) is 1.76. The average Bonchev–Trinajstić information content (AvgIpc) is 2.46. The Morgan fingerprint density at radius 1 is 1.50 bits per heavy atom. The minimum atomic E-state index is 0.710. The van der Waals surface area contributed by atoms with Crippen molar-refractivity contribution >= 4 is 16.8 Å². The minimum Gasteiger partial charge on any atom is -0.441 e. The van der Waals surface area contributed by atoms with Gasteiger partial charge in [0.15, 0.2) is 11.5 Å². The molecule has 0 aliphatic heterocycles. The molecular formula is C9H10N2O. The van der Waals surface area contributed by atoms with Crippen LogP contribution in [0.4, 0.5) is 5.69 Å². The van der Waals surface area contributed by atoms with Crippen LogP contribution in [0, 0.1) is 0 Å². The number of aromatic nitrogens is 1. The van der Waals surface area contributed by atoms with Crippen molar-refractivity contribution in [3.05, 3.63) is 24.1 Å². The first-order valence-electron chi connectivity index (χ1n) is 3.94. The van der Waals surface area contributed by atoms with E-state index in [2.05, 4.69) is 4.98 Å². The van der Waals surface area contributed by atoms with Gasteiger partial charge in [0.25, 0.3) is 0 Å². The maximum Gasteiger partial charge on any atom is 0.195 e. The predicted molar refractivity (Wildman–Crippen MR) is 47.8 cm³/mol. The van der Waals surface area contributed by atoms with Crippen LogP contribution in [0.5, 0.6) is 0 Å². The fourth-order valence-electron chi connectivity index (χ4n) is 1.14. The van der Waals surface area contributed by atoms with Crippen LogP contribution in [0.2, 0.25) is 0 Å². The summed E-state index contributed by atoms with van der Waals surface area (Å²) in [5.41, 5.74) is 7.94. The van der Waals surface area contributed by atoms with Crippen molar-refractivity contribution in [2.45, 2.75) is 13.3 Å². The monoisotopic (exact) mass is 162 g/mol. The molecule has 2 aromatic rings. The summed E-state index contributed by atoms with van der Waals surface area (Å²) in [6.45, 7) is 2.01. The molecule has 0 saturated carbocycles. The number of nitrogen functional groups attached to an aromatic ring is 1. The number of fused-ring (bicyclic) bond motifs is 1. The van der Waals surface area contributed by atoms with Crippen molar-refractivity contribution in [1.82, 2.24) is 4.98 Å². The Labute approximate surface area is 70.2 Å². The molecular weight excluding hydrogens is 152 g/mol. The van der Waals surface area contributed by atoms with Crippen LogP contribution in [0.25, 0.3) is 11.1 Å². The van der Waals surface area contributed by atoms with Crippen molar-refractivity contribution in [3.8, 4) is 0 Å². The summed E-state index contributed by atoms with van der Waals surface area (Å²) >= 11 is 0. The fourth-order valence-corrected chi connectivity index (χ4v) is 1.14. The SMILES string of the molecule is CCc1nc2ccc(N)cc2o1. The number of oxazole rings is 1. The van der Waals surface area contributed by atoms with Crippen molar-refractivity contribution in [2.75, 3.05) is 5.73 Å². The van der Waals surface area contributed by atoms with Crippen LogP contribution in [0.3, 0.4) is 0 Å². The lowest BCUT2D eigenvalue weighted by atomic mass is 10.3. The molecule has 62 valence electrons. The van der Waals surface area contributed by atoms with E-state index in [0.717, 1.165) is 23.4 Å². The van der Waals surface area contributed by atoms with Gasteiger partial charge in [-0.1, -0.05) is 6.92 Å². The highest BCUT2D eigenvalue weighted by molar-refractivity contribution is 5.76. The van der Waals surface area contributed by atoms with Crippen LogP contribution < -0.4 is 5.73 Å². The van der Waals surface area contributed by atoms with E-state index in [1.54, 1.807) is 6.07 Å². The number of hydrogen-bond acceptors (Lipinski definition) is 3. The van der Waals surface area contributed by atoms with Crippen molar-refractivity contribution in [1.29, 1.82) is 0 Å². The number of nitrogens with two attached hydrogens (primary N) is 1. The molecule has 3 nitrogen and oxygen atoms in total. The molecule has 0 aliphatic carbocycles. The molecule has 1 aromatic carbocycles. The zero-order valence-electron chi connectivity index (χ0n) is 6.87. The maximum absolute atomic E-state index is 5.59. The van der Waals surface area contributed by atoms with E-state index in [-0.39, 0.29) is 0 Å². The van der Waals surface area contributed by atoms with Crippen LogP contribution in [0.1, 0.15) is 12.8 Å². The second kappa shape index (κ2) is 2.52. The van der Waals surface area contributed by atoms with Crippen LogP contribution in [-0.4, -0.2) is 4.98 Å². The van der Waals surface area contributed by atoms with E-state index >= 15 is 0 Å². The molecule has 0 saturated heterocycles.